The van der Waals surface area contributed by atoms with Crippen LogP contribution in [0, 0.1) is 12.7 Å². The standard InChI is InChI=1S/C25H20Cl2N2O3.C23H17ClFN3O3/c1-15-6-11-21-20(12-15)22(24(27)29(21)14-16-7-9-17(26)10-8-16)23(30)25(31)28-18-4-3-5-19(13-18)32-2;1-31-17-6-7-19-18(12-17)20(21(29)23(30)27-16-8-10-26-11-9-16)22(24)28(19)13-14-2-4-15(25)5-3-14/h3-13H,14H2,1-2H3,(H,28,31);2-12H,13H2,1H3,(H,26,27,30). The molecular weight excluding hydrogens is 868 g/mol. The van der Waals surface area contributed by atoms with Crippen LogP contribution in [0.1, 0.15) is 37.4 Å². The van der Waals surface area contributed by atoms with Crippen LogP contribution in [0.2, 0.25) is 15.3 Å². The maximum atomic E-state index is 13.3. The van der Waals surface area contributed by atoms with E-state index in [-0.39, 0.29) is 27.3 Å². The molecule has 0 spiro atoms. The van der Waals surface area contributed by atoms with Gasteiger partial charge in [0.05, 0.1) is 36.4 Å². The Hall–Kier alpha value is -6.99. The summed E-state index contributed by atoms with van der Waals surface area (Å²) in [5, 5.41) is 7.28. The van der Waals surface area contributed by atoms with Crippen molar-refractivity contribution >= 4 is 91.4 Å². The summed E-state index contributed by atoms with van der Waals surface area (Å²) in [6.45, 7) is 2.65. The van der Waals surface area contributed by atoms with Gasteiger partial charge in [0.2, 0.25) is 0 Å². The highest BCUT2D eigenvalue weighted by molar-refractivity contribution is 6.52. The molecule has 0 atom stereocenters. The number of fused-ring (bicyclic) bond motifs is 2. The Kier molecular flexibility index (Phi) is 13.6. The molecule has 318 valence electrons. The third-order valence-corrected chi connectivity index (χ3v) is 11.0. The molecule has 0 fully saturated rings. The number of nitrogens with one attached hydrogen (secondary N) is 2. The molecule has 63 heavy (non-hydrogen) atoms. The maximum absolute atomic E-state index is 13.3. The van der Waals surface area contributed by atoms with E-state index in [0.29, 0.717) is 57.3 Å². The number of carbonyl (C=O) groups is 4. The number of hydrogen-bond acceptors (Lipinski definition) is 7. The molecule has 2 amide bonds. The Morgan fingerprint density at radius 3 is 1.68 bits per heavy atom. The number of methoxy groups -OCH3 is 2. The summed E-state index contributed by atoms with van der Waals surface area (Å²) in [5.41, 5.74) is 5.29. The van der Waals surface area contributed by atoms with Crippen LogP contribution in [0.4, 0.5) is 15.8 Å². The Morgan fingerprint density at radius 2 is 1.11 bits per heavy atom. The average molecular weight is 905 g/mol. The van der Waals surface area contributed by atoms with E-state index in [1.807, 2.05) is 41.8 Å². The number of carbonyl (C=O) groups excluding carboxylic acids is 4. The van der Waals surface area contributed by atoms with Gasteiger partial charge in [-0.1, -0.05) is 76.8 Å². The fraction of sp³-hybridized carbons (Fsp3) is 0.104. The average Bonchev–Trinajstić information content (AvgIpc) is 3.71. The van der Waals surface area contributed by atoms with Crippen LogP contribution < -0.4 is 20.1 Å². The molecule has 3 aromatic heterocycles. The van der Waals surface area contributed by atoms with Gasteiger partial charge in [0.15, 0.2) is 0 Å². The summed E-state index contributed by atoms with van der Waals surface area (Å²) in [6, 6.07) is 34.2. The molecule has 0 saturated heterocycles. The molecule has 0 bridgehead atoms. The van der Waals surface area contributed by atoms with E-state index < -0.39 is 23.4 Å². The fourth-order valence-electron chi connectivity index (χ4n) is 6.89. The van der Waals surface area contributed by atoms with Crippen LogP contribution in [0.3, 0.4) is 0 Å². The van der Waals surface area contributed by atoms with Crippen molar-refractivity contribution in [3.8, 4) is 11.5 Å². The van der Waals surface area contributed by atoms with E-state index in [2.05, 4.69) is 15.6 Å². The second kappa shape index (κ2) is 19.4. The third kappa shape index (κ3) is 9.89. The van der Waals surface area contributed by atoms with E-state index in [9.17, 15) is 23.6 Å². The van der Waals surface area contributed by atoms with Gasteiger partial charge in [0.1, 0.15) is 27.6 Å². The molecule has 15 heteroatoms. The minimum Gasteiger partial charge on any atom is -0.497 e. The smallest absolute Gasteiger partial charge is 0.296 e. The first-order valence-corrected chi connectivity index (χ1v) is 20.4. The van der Waals surface area contributed by atoms with Crippen molar-refractivity contribution in [3.05, 3.63) is 183 Å². The van der Waals surface area contributed by atoms with Crippen molar-refractivity contribution < 1.29 is 33.0 Å². The number of pyridine rings is 1. The van der Waals surface area contributed by atoms with Crippen LogP contribution in [0.15, 0.2) is 134 Å². The van der Waals surface area contributed by atoms with Gasteiger partial charge in [-0.3, -0.25) is 24.2 Å². The molecule has 0 aliphatic heterocycles. The maximum Gasteiger partial charge on any atom is 0.296 e. The summed E-state index contributed by atoms with van der Waals surface area (Å²) >= 11 is 19.3. The number of Topliss-reactive ketones (excluding diaryl/α,β-unsaturated/α-hetero) is 2. The van der Waals surface area contributed by atoms with Gasteiger partial charge in [0, 0.05) is 58.7 Å². The number of halogens is 4. The molecule has 2 N–H and O–H groups in total. The van der Waals surface area contributed by atoms with Gasteiger partial charge in [0.25, 0.3) is 23.4 Å². The van der Waals surface area contributed by atoms with Crippen LogP contribution in [0.25, 0.3) is 21.8 Å². The molecule has 0 unspecified atom stereocenters. The van der Waals surface area contributed by atoms with E-state index in [4.69, 9.17) is 44.3 Å². The number of rotatable bonds is 12. The fourth-order valence-corrected chi connectivity index (χ4v) is 7.69. The second-order valence-corrected chi connectivity index (χ2v) is 15.3. The van der Waals surface area contributed by atoms with E-state index in [1.54, 1.807) is 83.4 Å². The molecule has 0 aliphatic carbocycles. The number of ether oxygens (including phenoxy) is 2. The monoisotopic (exact) mass is 903 g/mol. The van der Waals surface area contributed by atoms with E-state index in [1.165, 1.54) is 38.7 Å². The predicted octanol–water partition coefficient (Wildman–Crippen LogP) is 10.8. The highest BCUT2D eigenvalue weighted by Crippen LogP contribution is 2.35. The number of aryl methyl sites for hydroxylation is 1. The highest BCUT2D eigenvalue weighted by Gasteiger charge is 2.28. The lowest BCUT2D eigenvalue weighted by molar-refractivity contribution is -0.113. The second-order valence-electron chi connectivity index (χ2n) is 14.2. The number of aromatic nitrogens is 3. The Labute approximate surface area is 375 Å². The molecule has 11 nitrogen and oxygen atoms in total. The zero-order chi connectivity index (χ0) is 44.8. The summed E-state index contributed by atoms with van der Waals surface area (Å²) in [7, 11) is 3.04. The lowest BCUT2D eigenvalue weighted by Crippen LogP contribution is -2.23. The SMILES string of the molecule is COc1ccc2c(c1)c(C(=O)C(=O)Nc1ccncc1)c(Cl)n2Cc1ccc(F)cc1.COc1cccc(NC(=O)C(=O)c2c(Cl)n(Cc3ccc(Cl)cc3)c3ccc(C)cc23)c1. The zero-order valence-electron chi connectivity index (χ0n) is 33.9. The topological polar surface area (TPSA) is 134 Å². The Bertz CT molecular complexity index is 3010. The number of hydrogen-bond donors (Lipinski definition) is 2. The van der Waals surface area contributed by atoms with Crippen molar-refractivity contribution in [2.24, 2.45) is 0 Å². The molecule has 0 radical (unpaired) electrons. The molecule has 0 aliphatic rings. The first-order chi connectivity index (χ1) is 30.3. The molecule has 8 aromatic rings. The van der Waals surface area contributed by atoms with E-state index >= 15 is 0 Å². The summed E-state index contributed by atoms with van der Waals surface area (Å²) in [4.78, 5) is 55.6. The van der Waals surface area contributed by atoms with Crippen LogP contribution >= 0.6 is 34.8 Å². The minimum absolute atomic E-state index is 0.0734. The number of amides is 2. The van der Waals surface area contributed by atoms with Crippen LogP contribution in [0.5, 0.6) is 11.5 Å². The van der Waals surface area contributed by atoms with Crippen LogP contribution in [-0.2, 0) is 22.7 Å². The highest BCUT2D eigenvalue weighted by atomic mass is 35.5. The van der Waals surface area contributed by atoms with Gasteiger partial charge in [-0.2, -0.15) is 0 Å². The lowest BCUT2D eigenvalue weighted by atomic mass is 10.1. The Balaban J connectivity index is 0.000000189. The third-order valence-electron chi connectivity index (χ3n) is 10.0. The summed E-state index contributed by atoms with van der Waals surface area (Å²) in [5.74, 6) is -2.33. The molecule has 5 aromatic carbocycles. The summed E-state index contributed by atoms with van der Waals surface area (Å²) in [6.07, 6.45) is 3.01. The summed E-state index contributed by atoms with van der Waals surface area (Å²) < 4.78 is 27.3. The van der Waals surface area contributed by atoms with Gasteiger partial charge < -0.3 is 29.2 Å². The molecule has 3 heterocycles. The lowest BCUT2D eigenvalue weighted by Gasteiger charge is -2.08. The van der Waals surface area contributed by atoms with Gasteiger partial charge in [-0.15, -0.1) is 0 Å². The van der Waals surface area contributed by atoms with Gasteiger partial charge >= 0.3 is 0 Å². The van der Waals surface area contributed by atoms with Crippen molar-refractivity contribution in [3.63, 3.8) is 0 Å². The molecule has 0 saturated carbocycles. The van der Waals surface area contributed by atoms with Crippen molar-refractivity contribution in [2.45, 2.75) is 20.0 Å². The Morgan fingerprint density at radius 1 is 0.603 bits per heavy atom. The number of nitrogens with zero attached hydrogens (tertiary/aromatic N) is 3. The number of benzene rings is 5. The van der Waals surface area contributed by atoms with Gasteiger partial charge in [-0.25, -0.2) is 4.39 Å². The quantitative estimate of drug-likeness (QED) is 0.0921. The van der Waals surface area contributed by atoms with Crippen molar-refractivity contribution in [1.29, 1.82) is 0 Å². The zero-order valence-corrected chi connectivity index (χ0v) is 36.2. The van der Waals surface area contributed by atoms with Crippen LogP contribution in [-0.4, -0.2) is 51.7 Å². The predicted molar refractivity (Wildman–Crippen MR) is 244 cm³/mol. The normalized spacial score (nSPS) is 10.8. The molecular formula is C48H37Cl3FN5O6. The minimum atomic E-state index is -0.822. The molecule has 8 rings (SSSR count). The van der Waals surface area contributed by atoms with E-state index in [0.717, 1.165) is 22.2 Å². The first-order valence-electron chi connectivity index (χ1n) is 19.2. The van der Waals surface area contributed by atoms with Crippen molar-refractivity contribution in [1.82, 2.24) is 14.1 Å². The number of anilines is 2. The van der Waals surface area contributed by atoms with Crippen molar-refractivity contribution in [2.75, 3.05) is 24.9 Å². The first kappa shape index (κ1) is 44.1. The largest absolute Gasteiger partial charge is 0.497 e. The number of ketones is 2. The van der Waals surface area contributed by atoms with Gasteiger partial charge in [-0.05, 0) is 96.9 Å².